The van der Waals surface area contributed by atoms with Gasteiger partial charge in [-0.05, 0) is 18.1 Å². The molecule has 0 amide bonds. The van der Waals surface area contributed by atoms with E-state index in [9.17, 15) is 4.79 Å². The second-order valence-electron chi connectivity index (χ2n) is 4.50. The Hall–Kier alpha value is -1.41. The fourth-order valence-corrected chi connectivity index (χ4v) is 2.11. The van der Waals surface area contributed by atoms with Crippen LogP contribution in [0.2, 0.25) is 0 Å². The molecular weight excluding hydrogens is 198 g/mol. The number of carbonyl (C=O) groups is 1. The van der Waals surface area contributed by atoms with Crippen molar-refractivity contribution in [2.45, 2.75) is 13.5 Å². The molecule has 0 aromatic heterocycles. The zero-order valence-corrected chi connectivity index (χ0v) is 9.65. The molecule has 2 heteroatoms. The summed E-state index contributed by atoms with van der Waals surface area (Å²) in [5.41, 5.74) is 3.76. The van der Waals surface area contributed by atoms with Crippen LogP contribution in [-0.2, 0) is 11.3 Å². The third-order valence-corrected chi connectivity index (χ3v) is 3.09. The molecule has 1 aliphatic heterocycles. The van der Waals surface area contributed by atoms with Crippen molar-refractivity contribution in [3.8, 4) is 0 Å². The number of aldehydes is 1. The van der Waals surface area contributed by atoms with Gasteiger partial charge in [-0.3, -0.25) is 4.90 Å². The van der Waals surface area contributed by atoms with Crippen LogP contribution in [0.4, 0.5) is 0 Å². The lowest BCUT2D eigenvalue weighted by molar-refractivity contribution is -0.115. The van der Waals surface area contributed by atoms with Gasteiger partial charge in [0.15, 0.2) is 0 Å². The maximum Gasteiger partial charge on any atom is 0.125 e. The van der Waals surface area contributed by atoms with E-state index in [2.05, 4.69) is 36.6 Å². The highest BCUT2D eigenvalue weighted by atomic mass is 16.1. The molecule has 0 aliphatic carbocycles. The van der Waals surface area contributed by atoms with E-state index in [1.807, 2.05) is 6.08 Å². The number of likely N-dealkylation sites (tertiary alicyclic amines) is 1. The molecule has 0 saturated carbocycles. The van der Waals surface area contributed by atoms with E-state index < -0.39 is 0 Å². The summed E-state index contributed by atoms with van der Waals surface area (Å²) in [5, 5.41) is 0. The van der Waals surface area contributed by atoms with Gasteiger partial charge in [-0.25, -0.2) is 0 Å². The summed E-state index contributed by atoms with van der Waals surface area (Å²) >= 11 is 0. The summed E-state index contributed by atoms with van der Waals surface area (Å²) in [4.78, 5) is 12.8. The van der Waals surface area contributed by atoms with Gasteiger partial charge in [0.25, 0.3) is 0 Å². The zero-order valence-electron chi connectivity index (χ0n) is 9.65. The van der Waals surface area contributed by atoms with E-state index >= 15 is 0 Å². The van der Waals surface area contributed by atoms with E-state index in [-0.39, 0.29) is 5.92 Å². The highest BCUT2D eigenvalue weighted by Gasteiger charge is 2.25. The van der Waals surface area contributed by atoms with Crippen LogP contribution in [0.1, 0.15) is 16.7 Å². The lowest BCUT2D eigenvalue weighted by Gasteiger charge is -2.36. The molecule has 1 saturated heterocycles. The quantitative estimate of drug-likeness (QED) is 0.718. The molecule has 0 unspecified atom stereocenters. The highest BCUT2D eigenvalue weighted by molar-refractivity contribution is 5.56. The fourth-order valence-electron chi connectivity index (χ4n) is 2.11. The fraction of sp³-hybridized carbons (Fsp3) is 0.357. The molecule has 1 fully saturated rings. The van der Waals surface area contributed by atoms with Crippen molar-refractivity contribution in [1.29, 1.82) is 0 Å². The van der Waals surface area contributed by atoms with Crippen LogP contribution >= 0.6 is 0 Å². The summed E-state index contributed by atoms with van der Waals surface area (Å²) in [6, 6.07) is 6.43. The van der Waals surface area contributed by atoms with Gasteiger partial charge < -0.3 is 4.79 Å². The Balaban J connectivity index is 2.04. The maximum absolute atomic E-state index is 10.5. The summed E-state index contributed by atoms with van der Waals surface area (Å²) in [6.45, 7) is 8.64. The predicted molar refractivity (Wildman–Crippen MR) is 66.1 cm³/mol. The molecule has 0 bridgehead atoms. The van der Waals surface area contributed by atoms with Crippen LogP contribution in [0.5, 0.6) is 0 Å². The van der Waals surface area contributed by atoms with Crippen molar-refractivity contribution in [2.75, 3.05) is 13.1 Å². The summed E-state index contributed by atoms with van der Waals surface area (Å²) in [6.07, 6.45) is 2.96. The molecule has 1 heterocycles. The summed E-state index contributed by atoms with van der Waals surface area (Å²) < 4.78 is 0. The summed E-state index contributed by atoms with van der Waals surface area (Å²) in [7, 11) is 0. The third-order valence-electron chi connectivity index (χ3n) is 3.09. The van der Waals surface area contributed by atoms with Crippen molar-refractivity contribution >= 4 is 12.4 Å². The third kappa shape index (κ3) is 2.22. The standard InChI is InChI=1S/C14H17NO/c1-3-13-6-11(2)4-5-14(13)9-15-7-12(8-15)10-16/h3-6,10,12H,1,7-9H2,2H3. The second-order valence-corrected chi connectivity index (χ2v) is 4.50. The van der Waals surface area contributed by atoms with Crippen molar-refractivity contribution in [3.63, 3.8) is 0 Å². The average molecular weight is 215 g/mol. The molecule has 1 aliphatic rings. The first kappa shape index (κ1) is 11.1. The number of nitrogens with zero attached hydrogens (tertiary/aromatic N) is 1. The average Bonchev–Trinajstić information content (AvgIpc) is 2.24. The molecule has 1 aromatic rings. The van der Waals surface area contributed by atoms with Gasteiger partial charge in [-0.2, -0.15) is 0 Å². The van der Waals surface area contributed by atoms with Gasteiger partial charge in [0.05, 0.1) is 0 Å². The normalized spacial score (nSPS) is 16.8. The molecule has 84 valence electrons. The molecule has 16 heavy (non-hydrogen) atoms. The van der Waals surface area contributed by atoms with Crippen molar-refractivity contribution in [3.05, 3.63) is 41.5 Å². The van der Waals surface area contributed by atoms with E-state index in [4.69, 9.17) is 0 Å². The number of benzene rings is 1. The van der Waals surface area contributed by atoms with Crippen LogP contribution in [0, 0.1) is 12.8 Å². The lowest BCUT2D eigenvalue weighted by atomic mass is 9.98. The van der Waals surface area contributed by atoms with Gasteiger partial charge in [-0.15, -0.1) is 0 Å². The number of hydrogen-bond acceptors (Lipinski definition) is 2. The molecule has 0 spiro atoms. The Bertz CT molecular complexity index is 405. The number of carbonyl (C=O) groups excluding carboxylic acids is 1. The van der Waals surface area contributed by atoms with E-state index in [0.29, 0.717) is 0 Å². The first-order valence-electron chi connectivity index (χ1n) is 5.62. The molecule has 0 atom stereocenters. The van der Waals surface area contributed by atoms with Crippen molar-refractivity contribution in [1.82, 2.24) is 4.90 Å². The SMILES string of the molecule is C=Cc1cc(C)ccc1CN1CC(C=O)C1. The number of rotatable bonds is 4. The molecule has 0 N–H and O–H groups in total. The Morgan fingerprint density at radius 2 is 2.25 bits per heavy atom. The van der Waals surface area contributed by atoms with E-state index in [1.165, 1.54) is 16.7 Å². The first-order valence-corrected chi connectivity index (χ1v) is 5.62. The Morgan fingerprint density at radius 1 is 1.50 bits per heavy atom. The number of hydrogen-bond donors (Lipinski definition) is 0. The molecule has 1 aromatic carbocycles. The minimum Gasteiger partial charge on any atom is -0.303 e. The molecule has 0 radical (unpaired) electrons. The first-order chi connectivity index (χ1) is 7.72. The molecule has 2 nitrogen and oxygen atoms in total. The van der Waals surface area contributed by atoms with Gasteiger partial charge in [0.1, 0.15) is 6.29 Å². The molecular formula is C14H17NO. The number of aryl methyl sites for hydroxylation is 1. The molecule has 2 rings (SSSR count). The van der Waals surface area contributed by atoms with Gasteiger partial charge in [-0.1, -0.05) is 36.4 Å². The lowest BCUT2D eigenvalue weighted by Crippen LogP contribution is -2.46. The monoisotopic (exact) mass is 215 g/mol. The summed E-state index contributed by atoms with van der Waals surface area (Å²) in [5.74, 6) is 0.248. The Kier molecular flexibility index (Phi) is 3.20. The van der Waals surface area contributed by atoms with E-state index in [0.717, 1.165) is 25.9 Å². The predicted octanol–water partition coefficient (Wildman–Crippen LogP) is 2.27. The minimum absolute atomic E-state index is 0.248. The van der Waals surface area contributed by atoms with Gasteiger partial charge in [0, 0.05) is 25.6 Å². The van der Waals surface area contributed by atoms with Crippen LogP contribution in [0.25, 0.3) is 6.08 Å². The topological polar surface area (TPSA) is 20.3 Å². The Labute approximate surface area is 96.6 Å². The van der Waals surface area contributed by atoms with Gasteiger partial charge in [0.2, 0.25) is 0 Å². The van der Waals surface area contributed by atoms with Crippen LogP contribution in [0.15, 0.2) is 24.8 Å². The van der Waals surface area contributed by atoms with Crippen molar-refractivity contribution in [2.24, 2.45) is 5.92 Å². The maximum atomic E-state index is 10.5. The minimum atomic E-state index is 0.248. The van der Waals surface area contributed by atoms with Gasteiger partial charge >= 0.3 is 0 Å². The zero-order chi connectivity index (χ0) is 11.5. The Morgan fingerprint density at radius 3 is 2.88 bits per heavy atom. The van der Waals surface area contributed by atoms with E-state index in [1.54, 1.807) is 0 Å². The van der Waals surface area contributed by atoms with Crippen LogP contribution in [-0.4, -0.2) is 24.3 Å². The van der Waals surface area contributed by atoms with Crippen LogP contribution < -0.4 is 0 Å². The highest BCUT2D eigenvalue weighted by Crippen LogP contribution is 2.20. The second kappa shape index (κ2) is 4.62. The van der Waals surface area contributed by atoms with Crippen LogP contribution in [0.3, 0.4) is 0 Å². The largest absolute Gasteiger partial charge is 0.303 e. The smallest absolute Gasteiger partial charge is 0.125 e. The van der Waals surface area contributed by atoms with Crippen molar-refractivity contribution < 1.29 is 4.79 Å².